The van der Waals surface area contributed by atoms with E-state index in [4.69, 9.17) is 9.31 Å². The predicted octanol–water partition coefficient (Wildman–Crippen LogP) is 2.99. The zero-order valence-corrected chi connectivity index (χ0v) is 14.9. The van der Waals surface area contributed by atoms with Gasteiger partial charge >= 0.3 is 7.12 Å². The molecule has 0 amide bonds. The summed E-state index contributed by atoms with van der Waals surface area (Å²) in [7, 11) is -0.367. The van der Waals surface area contributed by atoms with E-state index in [2.05, 4.69) is 48.7 Å². The van der Waals surface area contributed by atoms with Crippen molar-refractivity contribution in [3.63, 3.8) is 0 Å². The molecule has 0 aliphatic carbocycles. The minimum Gasteiger partial charge on any atom is -0.399 e. The van der Waals surface area contributed by atoms with Crippen LogP contribution in [0.4, 0.5) is 0 Å². The molecule has 3 aromatic rings. The number of pyridine rings is 1. The van der Waals surface area contributed by atoms with E-state index in [-0.39, 0.29) is 18.3 Å². The van der Waals surface area contributed by atoms with Gasteiger partial charge in [0.15, 0.2) is 0 Å². The molecule has 0 bridgehead atoms. The van der Waals surface area contributed by atoms with Gasteiger partial charge in [-0.3, -0.25) is 9.97 Å². The Morgan fingerprint density at radius 1 is 0.880 bits per heavy atom. The van der Waals surface area contributed by atoms with Crippen molar-refractivity contribution in [1.29, 1.82) is 0 Å². The van der Waals surface area contributed by atoms with Crippen molar-refractivity contribution in [3.8, 4) is 11.4 Å². The Morgan fingerprint density at radius 2 is 1.64 bits per heavy atom. The highest BCUT2D eigenvalue weighted by atomic mass is 16.7. The Morgan fingerprint density at radius 3 is 2.32 bits per heavy atom. The van der Waals surface area contributed by atoms with Crippen molar-refractivity contribution in [2.75, 3.05) is 0 Å². The van der Waals surface area contributed by atoms with E-state index >= 15 is 0 Å². The first-order valence-electron chi connectivity index (χ1n) is 8.38. The number of hydrogen-bond donors (Lipinski definition) is 0. The van der Waals surface area contributed by atoms with Crippen LogP contribution in [-0.4, -0.2) is 33.3 Å². The van der Waals surface area contributed by atoms with Gasteiger partial charge in [-0.05, 0) is 50.7 Å². The van der Waals surface area contributed by atoms with Crippen molar-refractivity contribution >= 4 is 23.5 Å². The van der Waals surface area contributed by atoms with E-state index in [1.165, 1.54) is 0 Å². The maximum atomic E-state index is 6.13. The molecule has 4 rings (SSSR count). The first-order valence-corrected chi connectivity index (χ1v) is 8.38. The van der Waals surface area contributed by atoms with Crippen LogP contribution < -0.4 is 5.46 Å². The summed E-state index contributed by atoms with van der Waals surface area (Å²) < 4.78 is 12.3. The number of hydrogen-bond acceptors (Lipinski definition) is 5. The fourth-order valence-corrected chi connectivity index (χ4v) is 2.84. The Labute approximate surface area is 147 Å². The van der Waals surface area contributed by atoms with E-state index in [9.17, 15) is 0 Å². The summed E-state index contributed by atoms with van der Waals surface area (Å²) in [6.45, 7) is 8.23. The van der Waals surface area contributed by atoms with Crippen LogP contribution in [0.5, 0.6) is 0 Å². The molecule has 3 heterocycles. The second-order valence-electron chi connectivity index (χ2n) is 7.33. The zero-order chi connectivity index (χ0) is 17.7. The predicted molar refractivity (Wildman–Crippen MR) is 98.5 cm³/mol. The molecule has 1 aromatic carbocycles. The van der Waals surface area contributed by atoms with Gasteiger partial charge in [-0.15, -0.1) is 0 Å². The summed E-state index contributed by atoms with van der Waals surface area (Å²) >= 11 is 0. The number of nitrogens with zero attached hydrogens (tertiary/aromatic N) is 3. The molecule has 0 N–H and O–H groups in total. The summed E-state index contributed by atoms with van der Waals surface area (Å²) in [6.07, 6.45) is 5.04. The molecule has 0 unspecified atom stereocenters. The van der Waals surface area contributed by atoms with Gasteiger partial charge in [0.2, 0.25) is 0 Å². The fraction of sp³-hybridized carbons (Fsp3) is 0.316. The minimum absolute atomic E-state index is 0.347. The smallest absolute Gasteiger partial charge is 0.399 e. The lowest BCUT2D eigenvalue weighted by Crippen LogP contribution is -2.41. The highest BCUT2D eigenvalue weighted by molar-refractivity contribution is 6.62. The lowest BCUT2D eigenvalue weighted by molar-refractivity contribution is 0.00578. The van der Waals surface area contributed by atoms with E-state index in [0.29, 0.717) is 0 Å². The Hall–Kier alpha value is -2.31. The lowest BCUT2D eigenvalue weighted by Gasteiger charge is -2.32. The Kier molecular flexibility index (Phi) is 3.63. The third kappa shape index (κ3) is 2.81. The molecule has 2 aromatic heterocycles. The quantitative estimate of drug-likeness (QED) is 0.675. The van der Waals surface area contributed by atoms with Gasteiger partial charge < -0.3 is 9.31 Å². The molecule has 126 valence electrons. The molecule has 1 saturated heterocycles. The first-order chi connectivity index (χ1) is 11.9. The Balaban J connectivity index is 1.68. The van der Waals surface area contributed by atoms with Crippen molar-refractivity contribution < 1.29 is 9.31 Å². The van der Waals surface area contributed by atoms with Gasteiger partial charge in [-0.2, -0.15) is 0 Å². The van der Waals surface area contributed by atoms with Crippen LogP contribution in [0.25, 0.3) is 22.3 Å². The molecule has 0 spiro atoms. The van der Waals surface area contributed by atoms with E-state index in [0.717, 1.165) is 27.8 Å². The van der Waals surface area contributed by atoms with Gasteiger partial charge in [0.05, 0.1) is 28.6 Å². The lowest BCUT2D eigenvalue weighted by atomic mass is 9.78. The molecular formula is C19H20BN3O2. The van der Waals surface area contributed by atoms with Crippen LogP contribution >= 0.6 is 0 Å². The van der Waals surface area contributed by atoms with Crippen molar-refractivity contribution in [1.82, 2.24) is 15.0 Å². The second-order valence-corrected chi connectivity index (χ2v) is 7.33. The van der Waals surface area contributed by atoms with Gasteiger partial charge in [-0.25, -0.2) is 4.98 Å². The normalized spacial score (nSPS) is 18.6. The molecule has 5 nitrogen and oxygen atoms in total. The first kappa shape index (κ1) is 16.2. The van der Waals surface area contributed by atoms with E-state index in [1.54, 1.807) is 18.6 Å². The zero-order valence-electron chi connectivity index (χ0n) is 14.9. The van der Waals surface area contributed by atoms with Crippen LogP contribution in [-0.2, 0) is 9.31 Å². The highest BCUT2D eigenvalue weighted by Crippen LogP contribution is 2.36. The minimum atomic E-state index is -0.367. The maximum absolute atomic E-state index is 6.13. The second kappa shape index (κ2) is 5.61. The monoisotopic (exact) mass is 333 g/mol. The summed E-state index contributed by atoms with van der Waals surface area (Å²) in [4.78, 5) is 13.1. The molecule has 1 fully saturated rings. The van der Waals surface area contributed by atoms with E-state index < -0.39 is 0 Å². The van der Waals surface area contributed by atoms with Gasteiger partial charge in [0.1, 0.15) is 5.69 Å². The summed E-state index contributed by atoms with van der Waals surface area (Å²) in [5, 5.41) is 1.04. The van der Waals surface area contributed by atoms with Crippen molar-refractivity contribution in [2.24, 2.45) is 0 Å². The van der Waals surface area contributed by atoms with Crippen LogP contribution in [0.1, 0.15) is 27.7 Å². The molecule has 0 radical (unpaired) electrons. The average molecular weight is 333 g/mol. The van der Waals surface area contributed by atoms with Crippen molar-refractivity contribution in [2.45, 2.75) is 38.9 Å². The van der Waals surface area contributed by atoms with Crippen molar-refractivity contribution in [3.05, 3.63) is 48.9 Å². The molecule has 6 heteroatoms. The maximum Gasteiger partial charge on any atom is 0.494 e. The van der Waals surface area contributed by atoms with Crippen LogP contribution in [0, 0.1) is 0 Å². The van der Waals surface area contributed by atoms with Crippen LogP contribution in [0.3, 0.4) is 0 Å². The van der Waals surface area contributed by atoms with Crippen LogP contribution in [0.2, 0.25) is 0 Å². The van der Waals surface area contributed by atoms with Gasteiger partial charge in [0.25, 0.3) is 0 Å². The average Bonchev–Trinajstić information content (AvgIpc) is 2.82. The van der Waals surface area contributed by atoms with Gasteiger partial charge in [-0.1, -0.05) is 18.2 Å². The number of aromatic nitrogens is 3. The highest BCUT2D eigenvalue weighted by Gasteiger charge is 2.51. The third-order valence-corrected chi connectivity index (χ3v) is 5.06. The Bertz CT molecular complexity index is 912. The largest absolute Gasteiger partial charge is 0.494 e. The number of fused-ring (bicyclic) bond motifs is 1. The number of benzene rings is 1. The topological polar surface area (TPSA) is 57.1 Å². The molecule has 0 saturated carbocycles. The fourth-order valence-electron chi connectivity index (χ4n) is 2.84. The standard InChI is InChI=1S/C19H20BN3O2/c1-18(2)19(3,4)25-20(24-18)14-6-8-15-13(11-14)5-7-16(23-15)17-12-21-9-10-22-17/h5-12H,1-4H3. The molecular weight excluding hydrogens is 313 g/mol. The molecule has 25 heavy (non-hydrogen) atoms. The molecule has 0 atom stereocenters. The molecule has 1 aliphatic rings. The van der Waals surface area contributed by atoms with Crippen LogP contribution in [0.15, 0.2) is 48.9 Å². The summed E-state index contributed by atoms with van der Waals surface area (Å²) in [6, 6.07) is 10.1. The van der Waals surface area contributed by atoms with Gasteiger partial charge in [0, 0.05) is 12.4 Å². The third-order valence-electron chi connectivity index (χ3n) is 5.06. The molecule has 1 aliphatic heterocycles. The van der Waals surface area contributed by atoms with E-state index in [1.807, 2.05) is 24.3 Å². The SMILES string of the molecule is CC1(C)OB(c2ccc3nc(-c4cnccn4)ccc3c2)OC1(C)C. The summed E-state index contributed by atoms with van der Waals surface area (Å²) in [5.74, 6) is 0. The number of rotatable bonds is 2. The summed E-state index contributed by atoms with van der Waals surface area (Å²) in [5.41, 5.74) is 2.79.